The maximum atomic E-state index is 3.80. The molecule has 1 aliphatic rings. The average molecular weight is 344 g/mol. The van der Waals surface area contributed by atoms with Gasteiger partial charge in [-0.05, 0) is 43.2 Å². The fourth-order valence-corrected chi connectivity index (χ4v) is 4.66. The Balaban J connectivity index is 1.82. The topological polar surface area (TPSA) is 3.24 Å². The van der Waals surface area contributed by atoms with Crippen molar-refractivity contribution in [2.45, 2.75) is 44.9 Å². The van der Waals surface area contributed by atoms with Gasteiger partial charge in [0.25, 0.3) is 0 Å². The molecule has 2 rings (SSSR count). The Hall–Kier alpha value is 0.140. The van der Waals surface area contributed by atoms with Gasteiger partial charge in [-0.15, -0.1) is 11.3 Å². The van der Waals surface area contributed by atoms with E-state index in [0.29, 0.717) is 5.41 Å². The number of likely N-dealkylation sites (N-methyl/N-ethyl adjacent to an activating group) is 1. The summed E-state index contributed by atoms with van der Waals surface area (Å²) < 4.78 is 0. The molecule has 0 saturated heterocycles. The van der Waals surface area contributed by atoms with Gasteiger partial charge in [0, 0.05) is 23.3 Å². The molecule has 1 heterocycles. The average Bonchev–Trinajstić information content (AvgIpc) is 2.83. The number of halogens is 1. The van der Waals surface area contributed by atoms with Crippen molar-refractivity contribution in [3.05, 3.63) is 22.4 Å². The Labute approximate surface area is 130 Å². The number of hydrogen-bond donors (Lipinski definition) is 0. The first-order chi connectivity index (χ1) is 9.24. The van der Waals surface area contributed by atoms with Gasteiger partial charge in [0.05, 0.1) is 0 Å². The summed E-state index contributed by atoms with van der Waals surface area (Å²) in [5, 5.41) is 3.35. The van der Waals surface area contributed by atoms with Crippen LogP contribution in [0.25, 0.3) is 0 Å². The highest BCUT2D eigenvalue weighted by Gasteiger charge is 2.30. The molecule has 0 aromatic carbocycles. The molecule has 3 heteroatoms. The lowest BCUT2D eigenvalue weighted by atomic mass is 9.82. The van der Waals surface area contributed by atoms with Crippen LogP contribution in [-0.2, 0) is 6.42 Å². The molecule has 1 aromatic rings. The first kappa shape index (κ1) is 15.5. The van der Waals surface area contributed by atoms with Crippen LogP contribution in [0.2, 0.25) is 0 Å². The smallest absolute Gasteiger partial charge is 0.0100 e. The predicted octanol–water partition coefficient (Wildman–Crippen LogP) is 4.96. The number of alkyl halides is 1. The summed E-state index contributed by atoms with van der Waals surface area (Å²) in [7, 11) is 2.29. The Morgan fingerprint density at radius 3 is 2.58 bits per heavy atom. The number of nitrogens with zero attached hydrogens (tertiary/aromatic N) is 1. The minimum absolute atomic E-state index is 0.528. The zero-order chi connectivity index (χ0) is 13.6. The normalized spacial score (nSPS) is 19.5. The Kier molecular flexibility index (Phi) is 6.37. The first-order valence-corrected chi connectivity index (χ1v) is 9.51. The van der Waals surface area contributed by atoms with Crippen LogP contribution in [0.1, 0.15) is 43.4 Å². The van der Waals surface area contributed by atoms with Crippen LogP contribution in [0.15, 0.2) is 17.5 Å². The number of hydrogen-bond acceptors (Lipinski definition) is 2. The highest BCUT2D eigenvalue weighted by Crippen LogP contribution is 2.37. The van der Waals surface area contributed by atoms with Crippen molar-refractivity contribution in [2.24, 2.45) is 5.41 Å². The lowest BCUT2D eigenvalue weighted by molar-refractivity contribution is 0.177. The van der Waals surface area contributed by atoms with E-state index in [9.17, 15) is 0 Å². The van der Waals surface area contributed by atoms with E-state index in [1.807, 2.05) is 11.3 Å². The summed E-state index contributed by atoms with van der Waals surface area (Å²) in [5.41, 5.74) is 0.528. The molecular formula is C16H26BrNS. The molecule has 0 N–H and O–H groups in total. The summed E-state index contributed by atoms with van der Waals surface area (Å²) in [4.78, 5) is 4.06. The van der Waals surface area contributed by atoms with Crippen LogP contribution >= 0.6 is 27.3 Å². The molecule has 1 aliphatic carbocycles. The summed E-state index contributed by atoms with van der Waals surface area (Å²) in [5.74, 6) is 0. The van der Waals surface area contributed by atoms with Crippen LogP contribution in [0.3, 0.4) is 0 Å². The van der Waals surface area contributed by atoms with Crippen molar-refractivity contribution in [3.63, 3.8) is 0 Å². The number of rotatable bonds is 6. The van der Waals surface area contributed by atoms with Crippen LogP contribution in [0, 0.1) is 5.41 Å². The van der Waals surface area contributed by atoms with Crippen LogP contribution < -0.4 is 0 Å². The van der Waals surface area contributed by atoms with E-state index < -0.39 is 0 Å². The number of thiophene rings is 1. The van der Waals surface area contributed by atoms with Crippen molar-refractivity contribution >= 4 is 27.3 Å². The highest BCUT2D eigenvalue weighted by atomic mass is 79.9. The van der Waals surface area contributed by atoms with Gasteiger partial charge in [0.2, 0.25) is 0 Å². The third kappa shape index (κ3) is 4.87. The molecule has 0 unspecified atom stereocenters. The fourth-order valence-electron chi connectivity index (χ4n) is 3.22. The second kappa shape index (κ2) is 7.80. The van der Waals surface area contributed by atoms with E-state index in [4.69, 9.17) is 0 Å². The van der Waals surface area contributed by atoms with E-state index in [2.05, 4.69) is 45.4 Å². The van der Waals surface area contributed by atoms with Crippen molar-refractivity contribution < 1.29 is 0 Å². The molecular weight excluding hydrogens is 318 g/mol. The Morgan fingerprint density at radius 1 is 1.26 bits per heavy atom. The van der Waals surface area contributed by atoms with Gasteiger partial charge in [-0.3, -0.25) is 0 Å². The molecule has 0 atom stereocenters. The van der Waals surface area contributed by atoms with Crippen LogP contribution in [0.5, 0.6) is 0 Å². The second-order valence-corrected chi connectivity index (χ2v) is 7.71. The summed E-state index contributed by atoms with van der Waals surface area (Å²) >= 11 is 5.68. The summed E-state index contributed by atoms with van der Waals surface area (Å²) in [6, 6.07) is 4.41. The summed E-state index contributed by atoms with van der Waals surface area (Å²) in [6.07, 6.45) is 9.73. The quantitative estimate of drug-likeness (QED) is 0.521. The van der Waals surface area contributed by atoms with Gasteiger partial charge in [-0.2, -0.15) is 0 Å². The maximum Gasteiger partial charge on any atom is 0.0100 e. The molecule has 0 bridgehead atoms. The van der Waals surface area contributed by atoms with E-state index in [1.165, 1.54) is 68.2 Å². The van der Waals surface area contributed by atoms with Crippen molar-refractivity contribution in [1.29, 1.82) is 0 Å². The zero-order valence-corrected chi connectivity index (χ0v) is 14.4. The van der Waals surface area contributed by atoms with Gasteiger partial charge in [0.1, 0.15) is 0 Å². The monoisotopic (exact) mass is 343 g/mol. The fraction of sp³-hybridized carbons (Fsp3) is 0.750. The minimum atomic E-state index is 0.528. The molecule has 0 aliphatic heterocycles. The molecule has 1 nitrogen and oxygen atoms in total. The Bertz CT molecular complexity index is 342. The van der Waals surface area contributed by atoms with Crippen molar-refractivity contribution in [2.75, 3.05) is 25.5 Å². The van der Waals surface area contributed by atoms with Gasteiger partial charge in [0.15, 0.2) is 0 Å². The van der Waals surface area contributed by atoms with Crippen LogP contribution in [-0.4, -0.2) is 30.4 Å². The molecule has 0 amide bonds. The highest BCUT2D eigenvalue weighted by molar-refractivity contribution is 9.09. The van der Waals surface area contributed by atoms with E-state index in [0.717, 1.165) is 0 Å². The second-order valence-electron chi connectivity index (χ2n) is 6.11. The van der Waals surface area contributed by atoms with Gasteiger partial charge >= 0.3 is 0 Å². The third-order valence-corrected chi connectivity index (χ3v) is 6.50. The predicted molar refractivity (Wildman–Crippen MR) is 89.4 cm³/mol. The largest absolute Gasteiger partial charge is 0.305 e. The molecule has 108 valence electrons. The first-order valence-electron chi connectivity index (χ1n) is 7.51. The van der Waals surface area contributed by atoms with Gasteiger partial charge < -0.3 is 4.90 Å². The lowest BCUT2D eigenvalue weighted by Gasteiger charge is -2.35. The van der Waals surface area contributed by atoms with E-state index >= 15 is 0 Å². The minimum Gasteiger partial charge on any atom is -0.305 e. The standard InChI is InChI=1S/C16H26BrNS/c1-18(11-8-15-7-6-12-19-15)14-16(13-17)9-4-2-3-5-10-16/h6-7,12H,2-5,8-11,13-14H2,1H3. The third-order valence-electron chi connectivity index (χ3n) is 4.37. The maximum absolute atomic E-state index is 3.80. The van der Waals surface area contributed by atoms with Crippen molar-refractivity contribution in [3.8, 4) is 0 Å². The van der Waals surface area contributed by atoms with E-state index in [-0.39, 0.29) is 0 Å². The molecule has 0 radical (unpaired) electrons. The lowest BCUT2D eigenvalue weighted by Crippen LogP contribution is -2.37. The molecule has 19 heavy (non-hydrogen) atoms. The summed E-state index contributed by atoms with van der Waals surface area (Å²) in [6.45, 7) is 2.44. The molecule has 1 fully saturated rings. The molecule has 1 saturated carbocycles. The molecule has 0 spiro atoms. The molecule has 1 aromatic heterocycles. The van der Waals surface area contributed by atoms with Crippen molar-refractivity contribution in [1.82, 2.24) is 4.90 Å². The van der Waals surface area contributed by atoms with Gasteiger partial charge in [-0.25, -0.2) is 0 Å². The van der Waals surface area contributed by atoms with E-state index in [1.54, 1.807) is 0 Å². The van der Waals surface area contributed by atoms with Crippen LogP contribution in [0.4, 0.5) is 0 Å². The van der Waals surface area contributed by atoms with Gasteiger partial charge in [-0.1, -0.05) is 47.7 Å². The Morgan fingerprint density at radius 2 is 2.00 bits per heavy atom. The zero-order valence-electron chi connectivity index (χ0n) is 12.0. The SMILES string of the molecule is CN(CCc1cccs1)CC1(CBr)CCCCCC1.